The predicted octanol–water partition coefficient (Wildman–Crippen LogP) is -1.81. The Bertz CT molecular complexity index is 278. The Morgan fingerprint density at radius 2 is 1.50 bits per heavy atom. The average Bonchev–Trinajstić information content (AvgIpc) is 2.08. The van der Waals surface area contributed by atoms with Gasteiger partial charge in [-0.1, -0.05) is 0 Å². The Morgan fingerprint density at radius 3 is 2.00 bits per heavy atom. The van der Waals surface area contributed by atoms with E-state index in [1.54, 1.807) is 0 Å². The Morgan fingerprint density at radius 1 is 1.00 bits per heavy atom. The number of aliphatic hydroxyl groups excluding tert-OH is 4. The van der Waals surface area contributed by atoms with Crippen molar-refractivity contribution < 1.29 is 30.0 Å². The lowest BCUT2D eigenvalue weighted by Crippen LogP contribution is -2.44. The summed E-state index contributed by atoms with van der Waals surface area (Å²) >= 11 is 0. The van der Waals surface area contributed by atoms with Gasteiger partial charge in [0.25, 0.3) is 0 Å². The summed E-state index contributed by atoms with van der Waals surface area (Å²) in [6.07, 6.45) is -4.10. The summed E-state index contributed by atoms with van der Waals surface area (Å²) in [5.74, 6) is -4.83. The molecule has 0 aromatic carbocycles. The summed E-state index contributed by atoms with van der Waals surface area (Å²) in [5.41, 5.74) is 0. The maximum Gasteiger partial charge on any atom is 0.236 e. The smallest absolute Gasteiger partial charge is 0.236 e. The van der Waals surface area contributed by atoms with Gasteiger partial charge in [-0.2, -0.15) is 0 Å². The normalized spacial score (nSPS) is 31.2. The van der Waals surface area contributed by atoms with Gasteiger partial charge in [-0.15, -0.1) is 0 Å². The Hall–Kier alpha value is -1.40. The van der Waals surface area contributed by atoms with E-state index in [1.165, 1.54) is 0 Å². The SMILES string of the molecule is O=C1C(O)=C(O)[C@@H](O)C(=O)C1O. The molecule has 1 rings (SSSR count). The average molecular weight is 174 g/mol. The zero-order valence-corrected chi connectivity index (χ0v) is 5.76. The largest absolute Gasteiger partial charge is 0.506 e. The van der Waals surface area contributed by atoms with Crippen LogP contribution in [0, 0.1) is 0 Å². The van der Waals surface area contributed by atoms with Crippen molar-refractivity contribution in [1.29, 1.82) is 0 Å². The molecule has 4 N–H and O–H groups in total. The third-order valence-corrected chi connectivity index (χ3v) is 1.52. The summed E-state index contributed by atoms with van der Waals surface area (Å²) in [4.78, 5) is 21.3. The summed E-state index contributed by atoms with van der Waals surface area (Å²) in [7, 11) is 0. The first-order chi connectivity index (χ1) is 5.46. The molecule has 0 heterocycles. The number of rotatable bonds is 0. The van der Waals surface area contributed by atoms with Gasteiger partial charge in [0.1, 0.15) is 0 Å². The van der Waals surface area contributed by atoms with Crippen LogP contribution in [0.3, 0.4) is 0 Å². The molecule has 0 saturated carbocycles. The number of aliphatic hydroxyl groups is 4. The third-order valence-electron chi connectivity index (χ3n) is 1.52. The molecule has 1 aliphatic rings. The van der Waals surface area contributed by atoms with Gasteiger partial charge in [0, 0.05) is 0 Å². The lowest BCUT2D eigenvalue weighted by molar-refractivity contribution is -0.146. The van der Waals surface area contributed by atoms with E-state index in [9.17, 15) is 9.59 Å². The third kappa shape index (κ3) is 0.973. The molecule has 0 aromatic rings. The van der Waals surface area contributed by atoms with Gasteiger partial charge in [-0.05, 0) is 0 Å². The highest BCUT2D eigenvalue weighted by molar-refractivity contribution is 6.16. The van der Waals surface area contributed by atoms with Crippen LogP contribution in [-0.2, 0) is 9.59 Å². The van der Waals surface area contributed by atoms with Crippen LogP contribution in [0.25, 0.3) is 0 Å². The van der Waals surface area contributed by atoms with Gasteiger partial charge in [-0.25, -0.2) is 0 Å². The zero-order chi connectivity index (χ0) is 9.46. The fraction of sp³-hybridized carbons (Fsp3) is 0.333. The van der Waals surface area contributed by atoms with Crippen LogP contribution in [0.15, 0.2) is 11.5 Å². The van der Waals surface area contributed by atoms with E-state index in [-0.39, 0.29) is 0 Å². The molecule has 0 bridgehead atoms. The molecule has 2 atom stereocenters. The van der Waals surface area contributed by atoms with E-state index in [0.29, 0.717) is 0 Å². The van der Waals surface area contributed by atoms with E-state index in [2.05, 4.69) is 0 Å². The highest BCUT2D eigenvalue weighted by atomic mass is 16.4. The predicted molar refractivity (Wildman–Crippen MR) is 34.3 cm³/mol. The first-order valence-corrected chi connectivity index (χ1v) is 3.03. The molecule has 6 nitrogen and oxygen atoms in total. The summed E-state index contributed by atoms with van der Waals surface area (Å²) in [6, 6.07) is 0. The van der Waals surface area contributed by atoms with Gasteiger partial charge in [-0.3, -0.25) is 9.59 Å². The molecule has 0 saturated heterocycles. The van der Waals surface area contributed by atoms with Gasteiger partial charge in [0.15, 0.2) is 18.0 Å². The van der Waals surface area contributed by atoms with E-state index < -0.39 is 35.3 Å². The van der Waals surface area contributed by atoms with Gasteiger partial charge >= 0.3 is 0 Å². The van der Waals surface area contributed by atoms with Crippen molar-refractivity contribution in [2.75, 3.05) is 0 Å². The first kappa shape index (κ1) is 8.69. The lowest BCUT2D eigenvalue weighted by Gasteiger charge is -2.18. The Labute approximate surface area is 66.4 Å². The minimum absolute atomic E-state index is 1.12. The fourth-order valence-corrected chi connectivity index (χ4v) is 0.799. The fourth-order valence-electron chi connectivity index (χ4n) is 0.799. The number of carbonyl (C=O) groups is 2. The van der Waals surface area contributed by atoms with Crippen molar-refractivity contribution in [2.24, 2.45) is 0 Å². The molecule has 0 aromatic heterocycles. The van der Waals surface area contributed by atoms with E-state index in [4.69, 9.17) is 20.4 Å². The monoisotopic (exact) mass is 174 g/mol. The summed E-state index contributed by atoms with van der Waals surface area (Å²) in [6.45, 7) is 0. The second kappa shape index (κ2) is 2.58. The zero-order valence-electron chi connectivity index (χ0n) is 5.76. The van der Waals surface area contributed by atoms with Crippen LogP contribution < -0.4 is 0 Å². The molecule has 66 valence electrons. The second-order valence-corrected chi connectivity index (χ2v) is 2.31. The second-order valence-electron chi connectivity index (χ2n) is 2.31. The molecule has 1 aliphatic carbocycles. The van der Waals surface area contributed by atoms with Crippen LogP contribution in [0.1, 0.15) is 0 Å². The molecule has 0 radical (unpaired) electrons. The number of ketones is 2. The molecule has 1 unspecified atom stereocenters. The van der Waals surface area contributed by atoms with E-state index >= 15 is 0 Å². The van der Waals surface area contributed by atoms with Crippen molar-refractivity contribution in [3.05, 3.63) is 11.5 Å². The van der Waals surface area contributed by atoms with Crippen LogP contribution in [-0.4, -0.2) is 44.2 Å². The summed E-state index contributed by atoms with van der Waals surface area (Å²) in [5, 5.41) is 35.0. The van der Waals surface area contributed by atoms with Crippen molar-refractivity contribution in [3.63, 3.8) is 0 Å². The number of hydrogen-bond acceptors (Lipinski definition) is 6. The molecule has 0 spiro atoms. The van der Waals surface area contributed by atoms with Crippen molar-refractivity contribution in [1.82, 2.24) is 0 Å². The highest BCUT2D eigenvalue weighted by Gasteiger charge is 2.41. The lowest BCUT2D eigenvalue weighted by atomic mass is 9.96. The summed E-state index contributed by atoms with van der Waals surface area (Å²) < 4.78 is 0. The quantitative estimate of drug-likeness (QED) is 0.322. The maximum atomic E-state index is 10.7. The van der Waals surface area contributed by atoms with Crippen LogP contribution in [0.2, 0.25) is 0 Å². The van der Waals surface area contributed by atoms with Crippen LogP contribution in [0.4, 0.5) is 0 Å². The minimum Gasteiger partial charge on any atom is -0.506 e. The Balaban J connectivity index is 3.17. The molecule has 12 heavy (non-hydrogen) atoms. The van der Waals surface area contributed by atoms with E-state index in [0.717, 1.165) is 0 Å². The topological polar surface area (TPSA) is 115 Å². The van der Waals surface area contributed by atoms with Gasteiger partial charge in [0.05, 0.1) is 0 Å². The Kier molecular flexibility index (Phi) is 1.87. The maximum absolute atomic E-state index is 10.7. The van der Waals surface area contributed by atoms with Crippen molar-refractivity contribution in [2.45, 2.75) is 12.2 Å². The van der Waals surface area contributed by atoms with E-state index in [1.807, 2.05) is 0 Å². The first-order valence-electron chi connectivity index (χ1n) is 3.03. The minimum atomic E-state index is -2.09. The standard InChI is InChI=1S/C6H6O6/c7-1-2(8)4(10)6(12)5(11)3(1)9/h1,4,7,9-11H/t1-,4?/m0/s1. The van der Waals surface area contributed by atoms with Crippen LogP contribution >= 0.6 is 0 Å². The van der Waals surface area contributed by atoms with Crippen LogP contribution in [0.5, 0.6) is 0 Å². The van der Waals surface area contributed by atoms with Gasteiger partial charge < -0.3 is 20.4 Å². The van der Waals surface area contributed by atoms with Gasteiger partial charge in [0.2, 0.25) is 17.3 Å². The molecule has 0 aliphatic heterocycles. The highest BCUT2D eigenvalue weighted by Crippen LogP contribution is 2.16. The van der Waals surface area contributed by atoms with Crippen molar-refractivity contribution >= 4 is 11.6 Å². The molecule has 6 heteroatoms. The molecule has 0 amide bonds. The number of hydrogen-bond donors (Lipinski definition) is 4. The molecular formula is C6H6O6. The number of Topliss-reactive ketones (excluding diaryl/α,β-unsaturated/α-hetero) is 2. The molecular weight excluding hydrogens is 168 g/mol. The molecule has 0 fully saturated rings. The number of carbonyl (C=O) groups excluding carboxylic acids is 2. The van der Waals surface area contributed by atoms with Crippen molar-refractivity contribution in [3.8, 4) is 0 Å².